The van der Waals surface area contributed by atoms with Gasteiger partial charge in [0, 0.05) is 12.3 Å². The minimum atomic E-state index is -0.281. The van der Waals surface area contributed by atoms with Crippen LogP contribution in [0.3, 0.4) is 0 Å². The molecule has 0 aliphatic rings. The van der Waals surface area contributed by atoms with Crippen LogP contribution in [0.1, 0.15) is 21.8 Å². The molecule has 17 heavy (non-hydrogen) atoms. The van der Waals surface area contributed by atoms with Crippen molar-refractivity contribution in [1.29, 1.82) is 0 Å². The van der Waals surface area contributed by atoms with Crippen LogP contribution in [0.4, 0.5) is 5.82 Å². The number of pyridine rings is 1. The summed E-state index contributed by atoms with van der Waals surface area (Å²) in [4.78, 5) is 15.6. The van der Waals surface area contributed by atoms with E-state index in [-0.39, 0.29) is 11.7 Å². The van der Waals surface area contributed by atoms with Crippen LogP contribution in [-0.4, -0.2) is 16.0 Å². The SMILES string of the molecule is Cc1cc(CNC(=O)c2cccnc2N)no1. The van der Waals surface area contributed by atoms with Crippen molar-refractivity contribution in [2.75, 3.05) is 5.73 Å². The average molecular weight is 232 g/mol. The molecule has 0 unspecified atom stereocenters. The van der Waals surface area contributed by atoms with Gasteiger partial charge in [-0.3, -0.25) is 4.79 Å². The van der Waals surface area contributed by atoms with Crippen molar-refractivity contribution < 1.29 is 9.32 Å². The molecule has 0 aromatic carbocycles. The molecule has 0 aliphatic carbocycles. The van der Waals surface area contributed by atoms with Gasteiger partial charge >= 0.3 is 0 Å². The number of carbonyl (C=O) groups excluding carboxylic acids is 1. The zero-order chi connectivity index (χ0) is 12.3. The molecule has 1 amide bonds. The number of anilines is 1. The molecule has 3 N–H and O–H groups in total. The van der Waals surface area contributed by atoms with E-state index in [9.17, 15) is 4.79 Å². The molecule has 0 bridgehead atoms. The Balaban J connectivity index is 2.01. The molecular formula is C11H12N4O2. The third-order valence-corrected chi connectivity index (χ3v) is 2.19. The second-order valence-electron chi connectivity index (χ2n) is 3.55. The van der Waals surface area contributed by atoms with Crippen LogP contribution in [0.5, 0.6) is 0 Å². The van der Waals surface area contributed by atoms with E-state index in [1.165, 1.54) is 6.20 Å². The van der Waals surface area contributed by atoms with Crippen LogP contribution in [0, 0.1) is 6.92 Å². The first-order valence-corrected chi connectivity index (χ1v) is 5.07. The molecular weight excluding hydrogens is 220 g/mol. The highest BCUT2D eigenvalue weighted by Crippen LogP contribution is 2.07. The maximum atomic E-state index is 11.8. The molecule has 88 valence electrons. The van der Waals surface area contributed by atoms with Gasteiger partial charge in [0.15, 0.2) is 0 Å². The Morgan fingerprint density at radius 3 is 3.06 bits per heavy atom. The van der Waals surface area contributed by atoms with Crippen molar-refractivity contribution in [1.82, 2.24) is 15.5 Å². The quantitative estimate of drug-likeness (QED) is 0.819. The number of aryl methyl sites for hydroxylation is 1. The Bertz CT molecular complexity index is 536. The number of aromatic nitrogens is 2. The van der Waals surface area contributed by atoms with Gasteiger partial charge in [-0.05, 0) is 19.1 Å². The lowest BCUT2D eigenvalue weighted by Crippen LogP contribution is -2.24. The van der Waals surface area contributed by atoms with Crippen LogP contribution in [0.2, 0.25) is 0 Å². The third-order valence-electron chi connectivity index (χ3n) is 2.19. The van der Waals surface area contributed by atoms with Crippen molar-refractivity contribution in [3.8, 4) is 0 Å². The monoisotopic (exact) mass is 232 g/mol. The Kier molecular flexibility index (Phi) is 3.04. The summed E-state index contributed by atoms with van der Waals surface area (Å²) in [6, 6.07) is 5.03. The fourth-order valence-electron chi connectivity index (χ4n) is 1.38. The van der Waals surface area contributed by atoms with Crippen LogP contribution in [0.15, 0.2) is 28.9 Å². The maximum absolute atomic E-state index is 11.8. The lowest BCUT2D eigenvalue weighted by Gasteiger charge is -2.04. The summed E-state index contributed by atoms with van der Waals surface area (Å²) in [6.45, 7) is 2.09. The summed E-state index contributed by atoms with van der Waals surface area (Å²) in [5.74, 6) is 0.632. The van der Waals surface area contributed by atoms with E-state index >= 15 is 0 Å². The van der Waals surface area contributed by atoms with Gasteiger partial charge in [0.05, 0.1) is 12.1 Å². The highest BCUT2D eigenvalue weighted by molar-refractivity contribution is 5.98. The van der Waals surface area contributed by atoms with Gasteiger partial charge in [0.25, 0.3) is 5.91 Å². The number of nitrogens with zero attached hydrogens (tertiary/aromatic N) is 2. The molecule has 2 heterocycles. The lowest BCUT2D eigenvalue weighted by molar-refractivity contribution is 0.0950. The highest BCUT2D eigenvalue weighted by Gasteiger charge is 2.10. The second-order valence-corrected chi connectivity index (χ2v) is 3.55. The number of hydrogen-bond acceptors (Lipinski definition) is 5. The lowest BCUT2D eigenvalue weighted by atomic mass is 10.2. The number of nitrogens with two attached hydrogens (primary N) is 1. The largest absolute Gasteiger partial charge is 0.383 e. The first-order chi connectivity index (χ1) is 8.16. The van der Waals surface area contributed by atoms with Crippen LogP contribution >= 0.6 is 0 Å². The Morgan fingerprint density at radius 2 is 2.41 bits per heavy atom. The van der Waals surface area contributed by atoms with E-state index in [0.29, 0.717) is 23.6 Å². The fourth-order valence-corrected chi connectivity index (χ4v) is 1.38. The Labute approximate surface area is 97.8 Å². The standard InChI is InChI=1S/C11H12N4O2/c1-7-5-8(15-17-7)6-14-11(16)9-3-2-4-13-10(9)12/h2-5H,6H2,1H3,(H2,12,13)(H,14,16). The van der Waals surface area contributed by atoms with Crippen molar-refractivity contribution in [3.05, 3.63) is 41.4 Å². The highest BCUT2D eigenvalue weighted by atomic mass is 16.5. The van der Waals surface area contributed by atoms with Crippen molar-refractivity contribution in [3.63, 3.8) is 0 Å². The second kappa shape index (κ2) is 4.65. The molecule has 2 aromatic rings. The zero-order valence-corrected chi connectivity index (χ0v) is 9.30. The zero-order valence-electron chi connectivity index (χ0n) is 9.30. The van der Waals surface area contributed by atoms with E-state index in [0.717, 1.165) is 0 Å². The number of nitrogens with one attached hydrogen (secondary N) is 1. The molecule has 0 radical (unpaired) electrons. The van der Waals surface area contributed by atoms with Crippen LogP contribution in [0.25, 0.3) is 0 Å². The van der Waals surface area contributed by atoms with Gasteiger partial charge in [-0.1, -0.05) is 5.16 Å². The van der Waals surface area contributed by atoms with E-state index in [4.69, 9.17) is 10.3 Å². The van der Waals surface area contributed by atoms with E-state index < -0.39 is 0 Å². The normalized spacial score (nSPS) is 10.2. The van der Waals surface area contributed by atoms with Crippen molar-refractivity contribution in [2.45, 2.75) is 13.5 Å². The molecule has 6 nitrogen and oxygen atoms in total. The molecule has 0 atom stereocenters. The Morgan fingerprint density at radius 1 is 1.59 bits per heavy atom. The summed E-state index contributed by atoms with van der Waals surface area (Å²) in [6.07, 6.45) is 1.53. The van der Waals surface area contributed by atoms with Gasteiger partial charge in [-0.2, -0.15) is 0 Å². The minimum Gasteiger partial charge on any atom is -0.383 e. The summed E-state index contributed by atoms with van der Waals surface area (Å²) >= 11 is 0. The molecule has 0 saturated heterocycles. The first kappa shape index (κ1) is 11.1. The van der Waals surface area contributed by atoms with Gasteiger partial charge < -0.3 is 15.6 Å². The van der Waals surface area contributed by atoms with Crippen molar-refractivity contribution in [2.24, 2.45) is 0 Å². The first-order valence-electron chi connectivity index (χ1n) is 5.07. The summed E-state index contributed by atoms with van der Waals surface area (Å²) in [5.41, 5.74) is 6.61. The van der Waals surface area contributed by atoms with Crippen LogP contribution < -0.4 is 11.1 Å². The molecule has 0 spiro atoms. The number of hydrogen-bond donors (Lipinski definition) is 2. The van der Waals surface area contributed by atoms with E-state index in [1.807, 2.05) is 0 Å². The maximum Gasteiger partial charge on any atom is 0.255 e. The molecule has 0 fully saturated rings. The number of amides is 1. The predicted octanol–water partition coefficient (Wildman–Crippen LogP) is 0.890. The van der Waals surface area contributed by atoms with E-state index in [1.54, 1.807) is 25.1 Å². The number of carbonyl (C=O) groups is 1. The average Bonchev–Trinajstić information content (AvgIpc) is 2.73. The molecule has 2 rings (SSSR count). The molecule has 2 aromatic heterocycles. The smallest absolute Gasteiger partial charge is 0.255 e. The Hall–Kier alpha value is -2.37. The van der Waals surface area contributed by atoms with Gasteiger partial charge in [0.2, 0.25) is 0 Å². The van der Waals surface area contributed by atoms with E-state index in [2.05, 4.69) is 15.5 Å². The summed E-state index contributed by atoms with van der Waals surface area (Å²) in [5, 5.41) is 6.46. The number of rotatable bonds is 3. The third kappa shape index (κ3) is 2.60. The minimum absolute atomic E-state index is 0.210. The molecule has 6 heteroatoms. The topological polar surface area (TPSA) is 94.0 Å². The fraction of sp³-hybridized carbons (Fsp3) is 0.182. The van der Waals surface area contributed by atoms with Crippen molar-refractivity contribution >= 4 is 11.7 Å². The van der Waals surface area contributed by atoms with Gasteiger partial charge in [-0.25, -0.2) is 4.98 Å². The van der Waals surface area contributed by atoms with Crippen LogP contribution in [-0.2, 0) is 6.54 Å². The van der Waals surface area contributed by atoms with Gasteiger partial charge in [0.1, 0.15) is 17.3 Å². The molecule has 0 aliphatic heterocycles. The summed E-state index contributed by atoms with van der Waals surface area (Å²) < 4.78 is 4.89. The number of nitrogen functional groups attached to an aromatic ring is 1. The predicted molar refractivity (Wildman–Crippen MR) is 61.1 cm³/mol. The summed E-state index contributed by atoms with van der Waals surface area (Å²) in [7, 11) is 0. The van der Waals surface area contributed by atoms with Gasteiger partial charge in [-0.15, -0.1) is 0 Å². The molecule has 0 saturated carbocycles.